The lowest BCUT2D eigenvalue weighted by molar-refractivity contribution is -0.138. The van der Waals surface area contributed by atoms with Gasteiger partial charge in [-0.15, -0.1) is 0 Å². The van der Waals surface area contributed by atoms with E-state index >= 15 is 0 Å². The molecule has 1 atom stereocenters. The van der Waals surface area contributed by atoms with Crippen LogP contribution in [0.4, 0.5) is 4.79 Å². The summed E-state index contributed by atoms with van der Waals surface area (Å²) in [4.78, 5) is 22.1. The van der Waals surface area contributed by atoms with Crippen molar-refractivity contribution >= 4 is 12.1 Å². The quantitative estimate of drug-likeness (QED) is 0.656. The van der Waals surface area contributed by atoms with Crippen LogP contribution in [-0.4, -0.2) is 42.0 Å². The Hall–Kier alpha value is -2.28. The Morgan fingerprint density at radius 3 is 2.39 bits per heavy atom. The predicted octanol–water partition coefficient (Wildman–Crippen LogP) is 1.54. The van der Waals surface area contributed by atoms with Crippen molar-refractivity contribution in [2.24, 2.45) is 5.73 Å². The highest BCUT2D eigenvalue weighted by Crippen LogP contribution is 2.13. The van der Waals surface area contributed by atoms with E-state index in [0.29, 0.717) is 18.9 Å². The van der Waals surface area contributed by atoms with Gasteiger partial charge in [0.05, 0.1) is 6.54 Å². The molecule has 128 valence electrons. The van der Waals surface area contributed by atoms with Crippen molar-refractivity contribution in [3.05, 3.63) is 29.8 Å². The molecule has 0 aliphatic rings. The molecular formula is C16H24N2O5. The molecule has 0 spiro atoms. The lowest BCUT2D eigenvalue weighted by Crippen LogP contribution is -2.34. The Balaban J connectivity index is 2.31. The number of aliphatic carboxylic acids is 1. The fraction of sp³-hybridized carbons (Fsp3) is 0.500. The maximum atomic E-state index is 11.4. The second-order valence-corrected chi connectivity index (χ2v) is 6.07. The van der Waals surface area contributed by atoms with Crippen LogP contribution >= 0.6 is 0 Å². The Bertz CT molecular complexity index is 522. The molecule has 0 saturated heterocycles. The third-order valence-electron chi connectivity index (χ3n) is 2.74. The Morgan fingerprint density at radius 1 is 1.26 bits per heavy atom. The molecule has 7 nitrogen and oxygen atoms in total. The van der Waals surface area contributed by atoms with Crippen LogP contribution in [0.2, 0.25) is 0 Å². The Labute approximate surface area is 135 Å². The topological polar surface area (TPSA) is 111 Å². The molecule has 1 aromatic carbocycles. The van der Waals surface area contributed by atoms with E-state index in [9.17, 15) is 9.59 Å². The van der Waals surface area contributed by atoms with E-state index in [1.807, 2.05) is 0 Å². The van der Waals surface area contributed by atoms with Crippen molar-refractivity contribution in [3.63, 3.8) is 0 Å². The van der Waals surface area contributed by atoms with Gasteiger partial charge >= 0.3 is 12.1 Å². The van der Waals surface area contributed by atoms with Crippen molar-refractivity contribution in [1.29, 1.82) is 0 Å². The molecule has 1 unspecified atom stereocenters. The Kier molecular flexibility index (Phi) is 6.84. The molecule has 23 heavy (non-hydrogen) atoms. The first-order valence-corrected chi connectivity index (χ1v) is 7.34. The van der Waals surface area contributed by atoms with Gasteiger partial charge in [0, 0.05) is 0 Å². The molecule has 0 radical (unpaired) electrons. The average Bonchev–Trinajstić information content (AvgIpc) is 2.43. The van der Waals surface area contributed by atoms with Gasteiger partial charge in [0.2, 0.25) is 0 Å². The van der Waals surface area contributed by atoms with Gasteiger partial charge in [-0.25, -0.2) is 4.79 Å². The number of alkyl carbamates (subject to hydrolysis) is 1. The molecule has 0 aliphatic heterocycles. The van der Waals surface area contributed by atoms with Crippen molar-refractivity contribution in [1.82, 2.24) is 5.32 Å². The van der Waals surface area contributed by atoms with E-state index in [1.165, 1.54) is 0 Å². The molecule has 1 amide bonds. The summed E-state index contributed by atoms with van der Waals surface area (Å²) in [6, 6.07) is 6.08. The van der Waals surface area contributed by atoms with Crippen LogP contribution in [0.5, 0.6) is 5.75 Å². The number of benzene rings is 1. The smallest absolute Gasteiger partial charge is 0.407 e. The van der Waals surface area contributed by atoms with Gasteiger partial charge in [0.15, 0.2) is 0 Å². The molecule has 1 aromatic rings. The average molecular weight is 324 g/mol. The van der Waals surface area contributed by atoms with Gasteiger partial charge in [0.1, 0.15) is 24.0 Å². The monoisotopic (exact) mass is 324 g/mol. The van der Waals surface area contributed by atoms with Crippen LogP contribution in [0.25, 0.3) is 0 Å². The zero-order valence-corrected chi connectivity index (χ0v) is 13.7. The number of carboxylic acids is 1. The van der Waals surface area contributed by atoms with Crippen LogP contribution in [0.15, 0.2) is 24.3 Å². The number of ether oxygens (including phenoxy) is 2. The fourth-order valence-corrected chi connectivity index (χ4v) is 1.70. The first kappa shape index (κ1) is 18.8. The minimum Gasteiger partial charge on any atom is -0.492 e. The van der Waals surface area contributed by atoms with E-state index < -0.39 is 23.7 Å². The summed E-state index contributed by atoms with van der Waals surface area (Å²) in [7, 11) is 0. The highest BCUT2D eigenvalue weighted by atomic mass is 16.6. The summed E-state index contributed by atoms with van der Waals surface area (Å²) in [6.07, 6.45) is -0.227. The zero-order chi connectivity index (χ0) is 17.5. The number of hydrogen-bond acceptors (Lipinski definition) is 5. The van der Waals surface area contributed by atoms with Crippen LogP contribution in [0, 0.1) is 0 Å². The SMILES string of the molecule is CC(C)(C)OC(=O)NCCOc1ccc(CC(N)C(=O)O)cc1. The highest BCUT2D eigenvalue weighted by Gasteiger charge is 2.15. The third-order valence-corrected chi connectivity index (χ3v) is 2.74. The molecule has 1 rings (SSSR count). The molecule has 0 aliphatic carbocycles. The second kappa shape index (κ2) is 8.38. The summed E-state index contributed by atoms with van der Waals surface area (Å²) < 4.78 is 10.6. The van der Waals surface area contributed by atoms with Gasteiger partial charge in [0.25, 0.3) is 0 Å². The molecule has 0 fully saturated rings. The minimum absolute atomic E-state index is 0.260. The van der Waals surface area contributed by atoms with E-state index in [2.05, 4.69) is 5.32 Å². The van der Waals surface area contributed by atoms with Crippen molar-refractivity contribution < 1.29 is 24.2 Å². The number of carbonyl (C=O) groups is 2. The number of amides is 1. The number of nitrogens with one attached hydrogen (secondary N) is 1. The maximum absolute atomic E-state index is 11.4. The molecule has 0 aromatic heterocycles. The lowest BCUT2D eigenvalue weighted by Gasteiger charge is -2.19. The van der Waals surface area contributed by atoms with E-state index in [0.717, 1.165) is 5.56 Å². The normalized spacial score (nSPS) is 12.3. The van der Waals surface area contributed by atoms with Crippen molar-refractivity contribution in [3.8, 4) is 5.75 Å². The van der Waals surface area contributed by atoms with Crippen molar-refractivity contribution in [2.45, 2.75) is 38.8 Å². The van der Waals surface area contributed by atoms with Gasteiger partial charge in [-0.3, -0.25) is 4.79 Å². The largest absolute Gasteiger partial charge is 0.492 e. The molecule has 0 bridgehead atoms. The van der Waals surface area contributed by atoms with Crippen LogP contribution in [0.3, 0.4) is 0 Å². The van der Waals surface area contributed by atoms with Crippen LogP contribution in [-0.2, 0) is 16.0 Å². The summed E-state index contributed by atoms with van der Waals surface area (Å²) in [5.74, 6) is -0.401. The molecule has 0 saturated carbocycles. The number of carboxylic acid groups (broad SMARTS) is 1. The van der Waals surface area contributed by atoms with Gasteiger partial charge < -0.3 is 25.6 Å². The number of hydrogen-bond donors (Lipinski definition) is 3. The summed E-state index contributed by atoms with van der Waals surface area (Å²) in [5.41, 5.74) is 5.76. The van der Waals surface area contributed by atoms with Crippen LogP contribution in [0.1, 0.15) is 26.3 Å². The Morgan fingerprint density at radius 2 is 1.87 bits per heavy atom. The van der Waals surface area contributed by atoms with E-state index in [1.54, 1.807) is 45.0 Å². The maximum Gasteiger partial charge on any atom is 0.407 e. The molecule has 4 N–H and O–H groups in total. The van der Waals surface area contributed by atoms with Gasteiger partial charge in [-0.05, 0) is 44.9 Å². The second-order valence-electron chi connectivity index (χ2n) is 6.07. The predicted molar refractivity (Wildman–Crippen MR) is 85.5 cm³/mol. The van der Waals surface area contributed by atoms with E-state index in [4.69, 9.17) is 20.3 Å². The highest BCUT2D eigenvalue weighted by molar-refractivity contribution is 5.73. The number of nitrogens with two attached hydrogens (primary N) is 1. The first-order valence-electron chi connectivity index (χ1n) is 7.34. The summed E-state index contributed by atoms with van der Waals surface area (Å²) in [6.45, 7) is 6.00. The molecular weight excluding hydrogens is 300 g/mol. The number of rotatable bonds is 7. The standard InChI is InChI=1S/C16H24N2O5/c1-16(2,3)23-15(21)18-8-9-22-12-6-4-11(5-7-12)10-13(17)14(19)20/h4-7,13H,8-10,17H2,1-3H3,(H,18,21)(H,19,20). The zero-order valence-electron chi connectivity index (χ0n) is 13.7. The molecule has 0 heterocycles. The summed E-state index contributed by atoms with van der Waals surface area (Å²) in [5, 5.41) is 11.4. The molecule has 7 heteroatoms. The lowest BCUT2D eigenvalue weighted by atomic mass is 10.1. The number of carbonyl (C=O) groups excluding carboxylic acids is 1. The fourth-order valence-electron chi connectivity index (χ4n) is 1.70. The minimum atomic E-state index is -1.03. The van der Waals surface area contributed by atoms with E-state index in [-0.39, 0.29) is 6.42 Å². The van der Waals surface area contributed by atoms with Gasteiger partial charge in [-0.2, -0.15) is 0 Å². The van der Waals surface area contributed by atoms with Gasteiger partial charge in [-0.1, -0.05) is 12.1 Å². The summed E-state index contributed by atoms with van der Waals surface area (Å²) >= 11 is 0. The van der Waals surface area contributed by atoms with Crippen molar-refractivity contribution in [2.75, 3.05) is 13.2 Å². The third kappa shape index (κ3) is 8.06. The van der Waals surface area contributed by atoms with Crippen LogP contribution < -0.4 is 15.8 Å². The first-order chi connectivity index (χ1) is 10.7.